The first-order valence-corrected chi connectivity index (χ1v) is 8.72. The molecule has 2 fully saturated rings. The van der Waals surface area contributed by atoms with Crippen molar-refractivity contribution in [3.63, 3.8) is 0 Å². The van der Waals surface area contributed by atoms with Gasteiger partial charge >= 0.3 is 0 Å². The number of carbonyl (C=O) groups is 1. The molecule has 26 heavy (non-hydrogen) atoms. The number of benzene rings is 1. The maximum absolute atomic E-state index is 12.4. The molecule has 2 heterocycles. The predicted octanol–water partition coefficient (Wildman–Crippen LogP) is 1.73. The van der Waals surface area contributed by atoms with Gasteiger partial charge in [-0.15, -0.1) is 24.8 Å². The van der Waals surface area contributed by atoms with Crippen LogP contribution < -0.4 is 10.6 Å². The van der Waals surface area contributed by atoms with E-state index in [0.29, 0.717) is 18.3 Å². The van der Waals surface area contributed by atoms with Gasteiger partial charge in [-0.25, -0.2) is 4.98 Å². The van der Waals surface area contributed by atoms with Crippen LogP contribution in [0.25, 0.3) is 11.0 Å². The van der Waals surface area contributed by atoms with Crippen LogP contribution in [0.3, 0.4) is 0 Å². The molecule has 0 unspecified atom stereocenters. The zero-order valence-electron chi connectivity index (χ0n) is 14.7. The van der Waals surface area contributed by atoms with Crippen molar-refractivity contribution in [1.29, 1.82) is 0 Å². The highest BCUT2D eigenvalue weighted by atomic mass is 35.5. The third kappa shape index (κ3) is 4.31. The normalized spacial score (nSPS) is 27.3. The van der Waals surface area contributed by atoms with Crippen LogP contribution in [0.4, 0.5) is 0 Å². The molecule has 1 aliphatic carbocycles. The van der Waals surface area contributed by atoms with Crippen LogP contribution in [-0.4, -0.2) is 46.2 Å². The van der Waals surface area contributed by atoms with Gasteiger partial charge in [0.05, 0.1) is 29.6 Å². The standard InChI is InChI=1S/C18H24N4O2.2ClH/c1-10-20-14-3-2-11(4-15(14)21-10)5-18(24)22-16-6-12-8-19-9-13(12)7-17(16)23;;/h2-4,12-13,16-17,19,23H,5-9H2,1H3,(H,20,21)(H,22,24);2*1H/t12-,13+,16-,17-;;/m0../s1. The van der Waals surface area contributed by atoms with Gasteiger partial charge in [0.2, 0.25) is 5.91 Å². The Bertz CT molecular complexity index is 767. The second-order valence-electron chi connectivity index (χ2n) is 7.24. The first kappa shape index (κ1) is 21.0. The van der Waals surface area contributed by atoms with Crippen molar-refractivity contribution >= 4 is 41.8 Å². The summed E-state index contributed by atoms with van der Waals surface area (Å²) in [6, 6.07) is 5.72. The Morgan fingerprint density at radius 3 is 2.77 bits per heavy atom. The number of rotatable bonds is 3. The SMILES string of the molecule is Cc1nc2ccc(CC(=O)N[C@H]3C[C@H]4CNC[C@H]4C[C@@H]3O)cc2[nH]1.Cl.Cl. The molecule has 2 aliphatic rings. The van der Waals surface area contributed by atoms with Gasteiger partial charge in [0.1, 0.15) is 5.82 Å². The van der Waals surface area contributed by atoms with Crippen molar-refractivity contribution in [2.75, 3.05) is 13.1 Å². The van der Waals surface area contributed by atoms with Gasteiger partial charge in [-0.2, -0.15) is 0 Å². The number of halogens is 2. The summed E-state index contributed by atoms with van der Waals surface area (Å²) >= 11 is 0. The maximum atomic E-state index is 12.4. The Balaban J connectivity index is 0.00000121. The first-order valence-electron chi connectivity index (χ1n) is 8.72. The van der Waals surface area contributed by atoms with Gasteiger partial charge in [-0.1, -0.05) is 6.07 Å². The van der Waals surface area contributed by atoms with E-state index < -0.39 is 6.10 Å². The van der Waals surface area contributed by atoms with E-state index in [-0.39, 0.29) is 36.8 Å². The number of hydrogen-bond acceptors (Lipinski definition) is 4. The molecular formula is C18H26Cl2N4O2. The number of H-pyrrole nitrogens is 1. The van der Waals surface area contributed by atoms with Crippen molar-refractivity contribution in [3.8, 4) is 0 Å². The monoisotopic (exact) mass is 400 g/mol. The fourth-order valence-corrected chi connectivity index (χ4v) is 4.19. The Labute approximate surface area is 165 Å². The van der Waals surface area contributed by atoms with Crippen molar-refractivity contribution < 1.29 is 9.90 Å². The predicted molar refractivity (Wildman–Crippen MR) is 106 cm³/mol. The van der Waals surface area contributed by atoms with Crippen molar-refractivity contribution in [2.24, 2.45) is 11.8 Å². The van der Waals surface area contributed by atoms with Gasteiger partial charge in [0.25, 0.3) is 0 Å². The maximum Gasteiger partial charge on any atom is 0.224 e. The number of amides is 1. The van der Waals surface area contributed by atoms with Crippen LogP contribution >= 0.6 is 24.8 Å². The van der Waals surface area contributed by atoms with Gasteiger partial charge in [-0.05, 0) is 62.4 Å². The number of imidazole rings is 1. The molecule has 8 heteroatoms. The summed E-state index contributed by atoms with van der Waals surface area (Å²) in [5.41, 5.74) is 2.82. The average Bonchev–Trinajstić information content (AvgIpc) is 3.12. The molecule has 6 nitrogen and oxygen atoms in total. The summed E-state index contributed by atoms with van der Waals surface area (Å²) in [7, 11) is 0. The lowest BCUT2D eigenvalue weighted by Crippen LogP contribution is -2.49. The van der Waals surface area contributed by atoms with Crippen molar-refractivity contribution in [3.05, 3.63) is 29.6 Å². The summed E-state index contributed by atoms with van der Waals surface area (Å²) in [5.74, 6) is 1.97. The molecule has 2 aromatic rings. The number of hydrogen-bond donors (Lipinski definition) is 4. The fourth-order valence-electron chi connectivity index (χ4n) is 4.19. The molecule has 1 amide bonds. The minimum Gasteiger partial charge on any atom is -0.391 e. The van der Waals surface area contributed by atoms with Crippen molar-refractivity contribution in [2.45, 2.75) is 38.3 Å². The van der Waals surface area contributed by atoms with Crippen LogP contribution in [0.5, 0.6) is 0 Å². The van der Waals surface area contributed by atoms with E-state index in [4.69, 9.17) is 0 Å². The lowest BCUT2D eigenvalue weighted by Gasteiger charge is -2.35. The van der Waals surface area contributed by atoms with Crippen LogP contribution in [0.1, 0.15) is 24.2 Å². The van der Waals surface area contributed by atoms with E-state index in [1.165, 1.54) is 0 Å². The highest BCUT2D eigenvalue weighted by molar-refractivity contribution is 5.85. The molecule has 0 radical (unpaired) electrons. The van der Waals surface area contributed by atoms with E-state index in [1.54, 1.807) is 0 Å². The molecule has 4 N–H and O–H groups in total. The molecule has 144 valence electrons. The number of aryl methyl sites for hydroxylation is 1. The van der Waals surface area contributed by atoms with Crippen LogP contribution in [0, 0.1) is 18.8 Å². The number of nitrogens with one attached hydrogen (secondary N) is 3. The molecule has 4 rings (SSSR count). The van der Waals surface area contributed by atoms with Gasteiger partial charge in [0, 0.05) is 0 Å². The number of aliphatic hydroxyl groups excluding tert-OH is 1. The number of aromatic nitrogens is 2. The van der Waals surface area contributed by atoms with Crippen LogP contribution in [0.15, 0.2) is 18.2 Å². The van der Waals surface area contributed by atoms with E-state index >= 15 is 0 Å². The van der Waals surface area contributed by atoms with E-state index in [1.807, 2.05) is 25.1 Å². The Morgan fingerprint density at radius 1 is 1.27 bits per heavy atom. The van der Waals surface area contributed by atoms with Crippen LogP contribution in [-0.2, 0) is 11.2 Å². The lowest BCUT2D eigenvalue weighted by atomic mass is 9.77. The number of aromatic amines is 1. The molecule has 1 saturated carbocycles. The molecule has 1 aromatic carbocycles. The first-order chi connectivity index (χ1) is 11.6. The molecule has 1 aliphatic heterocycles. The summed E-state index contributed by atoms with van der Waals surface area (Å²) in [4.78, 5) is 20.0. The Hall–Kier alpha value is -1.34. The number of nitrogens with zero attached hydrogens (tertiary/aromatic N) is 1. The zero-order chi connectivity index (χ0) is 16.7. The second kappa shape index (κ2) is 8.57. The molecule has 0 spiro atoms. The van der Waals surface area contributed by atoms with Crippen molar-refractivity contribution in [1.82, 2.24) is 20.6 Å². The highest BCUT2D eigenvalue weighted by Gasteiger charge is 2.39. The minimum absolute atomic E-state index is 0. The number of aliphatic hydroxyl groups is 1. The van der Waals surface area contributed by atoms with E-state index in [0.717, 1.165) is 48.4 Å². The molecule has 1 saturated heterocycles. The van der Waals surface area contributed by atoms with Gasteiger partial charge in [0.15, 0.2) is 0 Å². The number of carbonyl (C=O) groups excluding carboxylic acids is 1. The average molecular weight is 401 g/mol. The van der Waals surface area contributed by atoms with E-state index in [2.05, 4.69) is 20.6 Å². The third-order valence-corrected chi connectivity index (χ3v) is 5.42. The lowest BCUT2D eigenvalue weighted by molar-refractivity contribution is -0.122. The fraction of sp³-hybridized carbons (Fsp3) is 0.556. The zero-order valence-corrected chi connectivity index (χ0v) is 16.3. The third-order valence-electron chi connectivity index (χ3n) is 5.42. The van der Waals surface area contributed by atoms with Crippen LogP contribution in [0.2, 0.25) is 0 Å². The van der Waals surface area contributed by atoms with Gasteiger partial charge < -0.3 is 20.7 Å². The molecule has 0 bridgehead atoms. The summed E-state index contributed by atoms with van der Waals surface area (Å²) < 4.78 is 0. The summed E-state index contributed by atoms with van der Waals surface area (Å²) in [6.07, 6.45) is 1.53. The summed E-state index contributed by atoms with van der Waals surface area (Å²) in [5, 5.41) is 16.7. The number of fused-ring (bicyclic) bond motifs is 2. The van der Waals surface area contributed by atoms with Gasteiger partial charge in [-0.3, -0.25) is 4.79 Å². The largest absolute Gasteiger partial charge is 0.391 e. The Kier molecular flexibility index (Phi) is 6.91. The topological polar surface area (TPSA) is 90.0 Å². The quantitative estimate of drug-likeness (QED) is 0.631. The molecule has 4 atom stereocenters. The minimum atomic E-state index is -0.437. The Morgan fingerprint density at radius 2 is 2.00 bits per heavy atom. The highest BCUT2D eigenvalue weighted by Crippen LogP contribution is 2.32. The second-order valence-corrected chi connectivity index (χ2v) is 7.24. The van der Waals surface area contributed by atoms with E-state index in [9.17, 15) is 9.90 Å². The molecular weight excluding hydrogens is 375 g/mol. The summed E-state index contributed by atoms with van der Waals surface area (Å²) in [6.45, 7) is 3.91. The molecule has 1 aromatic heterocycles. The smallest absolute Gasteiger partial charge is 0.224 e.